The number of aromatic amines is 1. The average molecular weight is 534 g/mol. The fraction of sp³-hybridized carbons (Fsp3) is 0.600. The third-order valence-corrected chi connectivity index (χ3v) is 7.89. The quantitative estimate of drug-likeness (QED) is 0.242. The van der Waals surface area contributed by atoms with Crippen LogP contribution >= 0.6 is 47.9 Å². The molecule has 1 aromatic heterocycles. The van der Waals surface area contributed by atoms with Crippen LogP contribution in [-0.4, -0.2) is 47.5 Å². The van der Waals surface area contributed by atoms with Gasteiger partial charge in [0.1, 0.15) is 4.64 Å². The largest absolute Gasteiger partial charge is 0.490 e. The Morgan fingerprint density at radius 1 is 1.27 bits per heavy atom. The van der Waals surface area contributed by atoms with Crippen molar-refractivity contribution in [3.8, 4) is 0 Å². The molecule has 172 valence electrons. The van der Waals surface area contributed by atoms with E-state index >= 15 is 0 Å². The zero-order valence-electron chi connectivity index (χ0n) is 14.7. The number of ether oxygens (including phenoxy) is 1. The number of halogens is 2. The van der Waals surface area contributed by atoms with Gasteiger partial charge in [-0.25, -0.2) is 22.5 Å². The molecule has 2 rings (SSSR count). The molecule has 20 heteroatoms. The molecular weight excluding hydrogens is 519 g/mol. The van der Waals surface area contributed by atoms with Crippen LogP contribution in [0.25, 0.3) is 0 Å². The zero-order chi connectivity index (χ0) is 23.1. The minimum absolute atomic E-state index is 0.163. The van der Waals surface area contributed by atoms with Gasteiger partial charge in [0.25, 0.3) is 0 Å². The number of hydrogen-bond donors (Lipinski definition) is 5. The normalized spacial score (nSPS) is 28.8. The zero-order valence-corrected chi connectivity index (χ0v) is 19.0. The summed E-state index contributed by atoms with van der Waals surface area (Å²) in [5.41, 5.74) is -2.16. The fourth-order valence-corrected chi connectivity index (χ4v) is 6.00. The van der Waals surface area contributed by atoms with Crippen molar-refractivity contribution in [2.24, 2.45) is 0 Å². The van der Waals surface area contributed by atoms with Crippen molar-refractivity contribution < 1.29 is 59.9 Å². The number of hydrogen-bond acceptors (Lipinski definition) is 9. The van der Waals surface area contributed by atoms with E-state index in [0.29, 0.717) is 0 Å². The highest BCUT2D eigenvalue weighted by molar-refractivity contribution is 7.72. The van der Waals surface area contributed by atoms with E-state index in [9.17, 15) is 27.4 Å². The van der Waals surface area contributed by atoms with Crippen molar-refractivity contribution in [3.05, 3.63) is 21.4 Å². The molecule has 1 saturated heterocycles. The molecule has 0 spiro atoms. The van der Waals surface area contributed by atoms with Gasteiger partial charge in [-0.2, -0.15) is 8.62 Å². The predicted molar refractivity (Wildman–Crippen MR) is 98.3 cm³/mol. The first kappa shape index (κ1) is 26.0. The number of alkyl halides is 1. The van der Waals surface area contributed by atoms with E-state index in [2.05, 4.69) is 30.3 Å². The molecule has 5 N–H and O–H groups in total. The van der Waals surface area contributed by atoms with E-state index in [1.54, 1.807) is 0 Å². The highest BCUT2D eigenvalue weighted by Gasteiger charge is 2.48. The Morgan fingerprint density at radius 3 is 2.43 bits per heavy atom. The Balaban J connectivity index is 2.09. The van der Waals surface area contributed by atoms with E-state index in [0.717, 1.165) is 17.7 Å². The molecular formula is C10H15F2N2O11P3S2. The van der Waals surface area contributed by atoms with Gasteiger partial charge in [-0.3, -0.25) is 9.09 Å². The number of phosphoric ester groups is 1. The van der Waals surface area contributed by atoms with Crippen LogP contribution in [0.2, 0.25) is 0 Å². The molecule has 1 fully saturated rings. The molecule has 0 radical (unpaired) electrons. The van der Waals surface area contributed by atoms with Gasteiger partial charge in [0.2, 0.25) is 0 Å². The van der Waals surface area contributed by atoms with Gasteiger partial charge in [-0.05, 0) is 19.1 Å². The second kappa shape index (κ2) is 8.94. The molecule has 13 nitrogen and oxygen atoms in total. The SMILES string of the molecule is C[C@@]1(F)C[C@@H](COP(=O)(O)OP(=O)(O)OP(=O)(O)O)O[C@H]1n1cc(F)c(=S)[nH]c1=S. The highest BCUT2D eigenvalue weighted by atomic mass is 32.1. The number of nitrogens with one attached hydrogen (secondary N) is 1. The molecule has 1 aliphatic rings. The fourth-order valence-electron chi connectivity index (χ4n) is 2.49. The first-order valence-electron chi connectivity index (χ1n) is 7.54. The van der Waals surface area contributed by atoms with Gasteiger partial charge in [0.05, 0.1) is 12.7 Å². The lowest BCUT2D eigenvalue weighted by molar-refractivity contribution is -0.0598. The van der Waals surface area contributed by atoms with Crippen molar-refractivity contribution in [2.75, 3.05) is 6.61 Å². The average Bonchev–Trinajstić information content (AvgIpc) is 2.80. The maximum atomic E-state index is 14.9. The van der Waals surface area contributed by atoms with Crippen molar-refractivity contribution in [1.82, 2.24) is 9.55 Å². The van der Waals surface area contributed by atoms with Crippen LogP contribution in [0.3, 0.4) is 0 Å². The number of H-pyrrole nitrogens is 1. The van der Waals surface area contributed by atoms with Crippen LogP contribution in [0.1, 0.15) is 19.6 Å². The van der Waals surface area contributed by atoms with Crippen LogP contribution in [0, 0.1) is 15.2 Å². The third-order valence-electron chi connectivity index (χ3n) is 3.48. The number of rotatable bonds is 8. The Kier molecular flexibility index (Phi) is 7.75. The minimum Gasteiger partial charge on any atom is -0.349 e. The Bertz CT molecular complexity index is 1070. The van der Waals surface area contributed by atoms with E-state index in [4.69, 9.17) is 31.6 Å². The molecule has 0 saturated carbocycles. The Labute approximate surface area is 177 Å². The lowest BCUT2D eigenvalue weighted by Gasteiger charge is -2.24. The number of nitrogens with zero attached hydrogens (tertiary/aromatic N) is 1. The maximum absolute atomic E-state index is 14.9. The summed E-state index contributed by atoms with van der Waals surface area (Å²) >= 11 is 9.63. The van der Waals surface area contributed by atoms with Crippen molar-refractivity contribution in [1.29, 1.82) is 0 Å². The van der Waals surface area contributed by atoms with Crippen LogP contribution in [0.4, 0.5) is 8.78 Å². The first-order valence-corrected chi connectivity index (χ1v) is 12.9. The third kappa shape index (κ3) is 7.14. The van der Waals surface area contributed by atoms with Crippen molar-refractivity contribution >= 4 is 47.9 Å². The summed E-state index contributed by atoms with van der Waals surface area (Å²) in [6.45, 7) is 0.224. The molecule has 5 atom stereocenters. The van der Waals surface area contributed by atoms with Gasteiger partial charge in [0.15, 0.2) is 22.5 Å². The van der Waals surface area contributed by atoms with Gasteiger partial charge in [0, 0.05) is 12.6 Å². The second-order valence-electron chi connectivity index (χ2n) is 6.12. The Hall–Kier alpha value is -0.250. The monoisotopic (exact) mass is 534 g/mol. The topological polar surface area (TPSA) is 190 Å². The summed E-state index contributed by atoms with van der Waals surface area (Å²) in [5.74, 6) is -0.908. The standard InChI is InChI=1S/C10H15F2N2O11P3S2/c1-10(12)2-5(23-8(10)14-3-6(11)7(29)13-9(14)30)4-22-27(18,19)25-28(20,21)24-26(15,16)17/h3,5,8H,2,4H2,1H3,(H,18,19)(H,20,21)(H,13,29,30)(H2,15,16,17)/t5-,8+,10+/m0/s1. The van der Waals surface area contributed by atoms with Gasteiger partial charge in [-0.1, -0.05) is 12.2 Å². The van der Waals surface area contributed by atoms with Crippen LogP contribution < -0.4 is 0 Å². The lowest BCUT2D eigenvalue weighted by atomic mass is 10.0. The molecule has 2 heterocycles. The molecule has 2 unspecified atom stereocenters. The van der Waals surface area contributed by atoms with Crippen LogP contribution in [-0.2, 0) is 31.6 Å². The molecule has 0 bridgehead atoms. The van der Waals surface area contributed by atoms with Crippen molar-refractivity contribution in [2.45, 2.75) is 31.3 Å². The molecule has 0 amide bonds. The lowest BCUT2D eigenvalue weighted by Crippen LogP contribution is -2.28. The molecule has 0 aromatic carbocycles. The van der Waals surface area contributed by atoms with Gasteiger partial charge in [-0.15, -0.1) is 0 Å². The second-order valence-corrected chi connectivity index (χ2v) is 11.3. The summed E-state index contributed by atoms with van der Waals surface area (Å²) in [7, 11) is -16.6. The molecule has 1 aliphatic heterocycles. The van der Waals surface area contributed by atoms with E-state index in [1.807, 2.05) is 0 Å². The van der Waals surface area contributed by atoms with Gasteiger partial charge >= 0.3 is 23.5 Å². The summed E-state index contributed by atoms with van der Waals surface area (Å²) in [6.07, 6.45) is -2.34. The molecule has 0 aliphatic carbocycles. The van der Waals surface area contributed by atoms with Crippen LogP contribution in [0.15, 0.2) is 6.20 Å². The summed E-state index contributed by atoms with van der Waals surface area (Å²) in [4.78, 5) is 37.8. The van der Waals surface area contributed by atoms with Crippen LogP contribution in [0.5, 0.6) is 0 Å². The minimum atomic E-state index is -5.69. The maximum Gasteiger partial charge on any atom is 0.490 e. The highest BCUT2D eigenvalue weighted by Crippen LogP contribution is 2.66. The summed E-state index contributed by atoms with van der Waals surface area (Å²) < 4.78 is 79.6. The predicted octanol–water partition coefficient (Wildman–Crippen LogP) is 2.77. The molecule has 30 heavy (non-hydrogen) atoms. The van der Waals surface area contributed by atoms with E-state index in [-0.39, 0.29) is 9.41 Å². The Morgan fingerprint density at radius 2 is 1.87 bits per heavy atom. The molecule has 1 aromatic rings. The summed E-state index contributed by atoms with van der Waals surface area (Å²) in [5, 5.41) is 0. The number of phosphoric acid groups is 3. The summed E-state index contributed by atoms with van der Waals surface area (Å²) in [6, 6.07) is 0. The van der Waals surface area contributed by atoms with E-state index in [1.165, 1.54) is 0 Å². The van der Waals surface area contributed by atoms with Gasteiger partial charge < -0.3 is 29.3 Å². The van der Waals surface area contributed by atoms with E-state index < -0.39 is 60.3 Å². The van der Waals surface area contributed by atoms with Crippen molar-refractivity contribution in [3.63, 3.8) is 0 Å². The first-order chi connectivity index (χ1) is 13.4. The smallest absolute Gasteiger partial charge is 0.349 e. The number of aromatic nitrogens is 2.